The Hall–Kier alpha value is -2.62. The van der Waals surface area contributed by atoms with Crippen molar-refractivity contribution in [2.75, 3.05) is 5.32 Å². The Labute approximate surface area is 117 Å². The topological polar surface area (TPSA) is 66.4 Å². The molecule has 0 aliphatic rings. The van der Waals surface area contributed by atoms with Gasteiger partial charge in [-0.3, -0.25) is 4.79 Å². The van der Waals surface area contributed by atoms with Gasteiger partial charge in [-0.15, -0.1) is 0 Å². The van der Waals surface area contributed by atoms with E-state index >= 15 is 0 Å². The van der Waals surface area contributed by atoms with Gasteiger partial charge in [-0.05, 0) is 30.2 Å². The van der Waals surface area contributed by atoms with Gasteiger partial charge in [-0.2, -0.15) is 0 Å². The number of nitrogens with one attached hydrogen (secondary N) is 1. The standard InChI is InChI=1S/C16H15NO3/c1-11-7-8-13(16(19)20)10-14(11)17-15(18)9-12-5-3-2-4-6-12/h2-8,10H,9H2,1H3,(H,17,18)(H,19,20). The number of hydrogen-bond donors (Lipinski definition) is 2. The van der Waals surface area contributed by atoms with Crippen LogP contribution in [-0.4, -0.2) is 17.0 Å². The molecular formula is C16H15NO3. The first kappa shape index (κ1) is 13.8. The average Bonchev–Trinajstić information content (AvgIpc) is 2.42. The second-order valence-corrected chi connectivity index (χ2v) is 4.55. The number of aromatic carboxylic acids is 1. The lowest BCUT2D eigenvalue weighted by molar-refractivity contribution is -0.115. The molecule has 0 heterocycles. The zero-order valence-electron chi connectivity index (χ0n) is 11.1. The molecular weight excluding hydrogens is 254 g/mol. The van der Waals surface area contributed by atoms with Crippen LogP contribution >= 0.6 is 0 Å². The van der Waals surface area contributed by atoms with Gasteiger partial charge < -0.3 is 10.4 Å². The van der Waals surface area contributed by atoms with E-state index in [0.29, 0.717) is 5.69 Å². The van der Waals surface area contributed by atoms with E-state index in [0.717, 1.165) is 11.1 Å². The molecule has 0 saturated carbocycles. The van der Waals surface area contributed by atoms with Crippen LogP contribution in [0.15, 0.2) is 48.5 Å². The molecule has 2 aromatic rings. The molecule has 102 valence electrons. The first-order chi connectivity index (χ1) is 9.56. The number of rotatable bonds is 4. The van der Waals surface area contributed by atoms with Crippen LogP contribution in [-0.2, 0) is 11.2 Å². The molecule has 0 unspecified atom stereocenters. The number of anilines is 1. The van der Waals surface area contributed by atoms with Crippen LogP contribution < -0.4 is 5.32 Å². The molecule has 2 aromatic carbocycles. The van der Waals surface area contributed by atoms with Gasteiger partial charge in [0.2, 0.25) is 5.91 Å². The van der Waals surface area contributed by atoms with Crippen LogP contribution in [0.5, 0.6) is 0 Å². The van der Waals surface area contributed by atoms with Crippen molar-refractivity contribution >= 4 is 17.6 Å². The molecule has 0 aliphatic heterocycles. The molecule has 2 N–H and O–H groups in total. The number of carbonyl (C=O) groups excluding carboxylic acids is 1. The van der Waals surface area contributed by atoms with Gasteiger partial charge in [0.05, 0.1) is 12.0 Å². The zero-order valence-corrected chi connectivity index (χ0v) is 11.1. The number of amides is 1. The third kappa shape index (κ3) is 3.45. The highest BCUT2D eigenvalue weighted by Gasteiger charge is 2.09. The summed E-state index contributed by atoms with van der Waals surface area (Å²) in [7, 11) is 0. The Morgan fingerprint density at radius 2 is 1.80 bits per heavy atom. The van der Waals surface area contributed by atoms with Crippen LogP contribution in [0.1, 0.15) is 21.5 Å². The smallest absolute Gasteiger partial charge is 0.335 e. The fraction of sp³-hybridized carbons (Fsp3) is 0.125. The highest BCUT2D eigenvalue weighted by molar-refractivity contribution is 5.95. The monoisotopic (exact) mass is 269 g/mol. The minimum atomic E-state index is -1.01. The van der Waals surface area contributed by atoms with Crippen molar-refractivity contribution in [2.24, 2.45) is 0 Å². The molecule has 1 amide bonds. The summed E-state index contributed by atoms with van der Waals surface area (Å²) in [4.78, 5) is 22.9. The maximum atomic E-state index is 12.0. The Morgan fingerprint density at radius 3 is 2.45 bits per heavy atom. The van der Waals surface area contributed by atoms with Gasteiger partial charge in [-0.25, -0.2) is 4.79 Å². The molecule has 0 spiro atoms. The molecule has 20 heavy (non-hydrogen) atoms. The van der Waals surface area contributed by atoms with Gasteiger partial charge in [0.1, 0.15) is 0 Å². The molecule has 0 aliphatic carbocycles. The number of carboxylic acids is 1. The highest BCUT2D eigenvalue weighted by atomic mass is 16.4. The van der Waals surface area contributed by atoms with Gasteiger partial charge in [0.25, 0.3) is 0 Å². The summed E-state index contributed by atoms with van der Waals surface area (Å²) in [6.07, 6.45) is 0.261. The molecule has 0 atom stereocenters. The third-order valence-electron chi connectivity index (χ3n) is 2.97. The molecule has 2 rings (SSSR count). The van der Waals surface area contributed by atoms with E-state index < -0.39 is 5.97 Å². The number of hydrogen-bond acceptors (Lipinski definition) is 2. The van der Waals surface area contributed by atoms with Crippen LogP contribution in [0.3, 0.4) is 0 Å². The molecule has 0 saturated heterocycles. The van der Waals surface area contributed by atoms with E-state index in [2.05, 4.69) is 5.32 Å². The molecule has 0 aromatic heterocycles. The summed E-state index contributed by atoms with van der Waals surface area (Å²) < 4.78 is 0. The van der Waals surface area contributed by atoms with Crippen molar-refractivity contribution in [3.05, 3.63) is 65.2 Å². The number of carboxylic acid groups (broad SMARTS) is 1. The van der Waals surface area contributed by atoms with Gasteiger partial charge >= 0.3 is 5.97 Å². The van der Waals surface area contributed by atoms with Crippen LogP contribution in [0.4, 0.5) is 5.69 Å². The molecule has 4 heteroatoms. The maximum Gasteiger partial charge on any atom is 0.335 e. The van der Waals surface area contributed by atoms with Gasteiger partial charge in [0.15, 0.2) is 0 Å². The second kappa shape index (κ2) is 6.02. The first-order valence-electron chi connectivity index (χ1n) is 6.24. The van der Waals surface area contributed by atoms with E-state index in [9.17, 15) is 9.59 Å². The summed E-state index contributed by atoms with van der Waals surface area (Å²) in [5.41, 5.74) is 2.44. The van der Waals surface area contributed by atoms with Crippen molar-refractivity contribution in [3.63, 3.8) is 0 Å². The van der Waals surface area contributed by atoms with Crippen LogP contribution in [0.25, 0.3) is 0 Å². The maximum absolute atomic E-state index is 12.0. The summed E-state index contributed by atoms with van der Waals surface area (Å²) >= 11 is 0. The van der Waals surface area contributed by atoms with E-state index in [-0.39, 0.29) is 17.9 Å². The van der Waals surface area contributed by atoms with Crippen LogP contribution in [0.2, 0.25) is 0 Å². The molecule has 0 radical (unpaired) electrons. The lowest BCUT2D eigenvalue weighted by Gasteiger charge is -2.09. The van der Waals surface area contributed by atoms with E-state index in [1.165, 1.54) is 12.1 Å². The average molecular weight is 269 g/mol. The Balaban J connectivity index is 2.11. The van der Waals surface area contributed by atoms with E-state index in [4.69, 9.17) is 5.11 Å². The third-order valence-corrected chi connectivity index (χ3v) is 2.97. The van der Waals surface area contributed by atoms with Crippen molar-refractivity contribution in [1.29, 1.82) is 0 Å². The summed E-state index contributed by atoms with van der Waals surface area (Å²) in [6.45, 7) is 1.82. The number of aryl methyl sites for hydroxylation is 1. The minimum Gasteiger partial charge on any atom is -0.478 e. The summed E-state index contributed by atoms with van der Waals surface area (Å²) in [6, 6.07) is 14.1. The van der Waals surface area contributed by atoms with Crippen LogP contribution in [0, 0.1) is 6.92 Å². The lowest BCUT2D eigenvalue weighted by atomic mass is 10.1. The zero-order chi connectivity index (χ0) is 14.5. The molecule has 0 fully saturated rings. The highest BCUT2D eigenvalue weighted by Crippen LogP contribution is 2.17. The summed E-state index contributed by atoms with van der Waals surface area (Å²) in [5, 5.41) is 11.7. The normalized spacial score (nSPS) is 10.1. The fourth-order valence-electron chi connectivity index (χ4n) is 1.87. The first-order valence-corrected chi connectivity index (χ1v) is 6.24. The fourth-order valence-corrected chi connectivity index (χ4v) is 1.87. The number of carbonyl (C=O) groups is 2. The quantitative estimate of drug-likeness (QED) is 0.896. The summed E-state index contributed by atoms with van der Waals surface area (Å²) in [5.74, 6) is -1.18. The second-order valence-electron chi connectivity index (χ2n) is 4.55. The minimum absolute atomic E-state index is 0.158. The Bertz CT molecular complexity index is 635. The number of benzene rings is 2. The Morgan fingerprint density at radius 1 is 1.10 bits per heavy atom. The van der Waals surface area contributed by atoms with Crippen molar-refractivity contribution in [3.8, 4) is 0 Å². The predicted octanol–water partition coefficient (Wildman–Crippen LogP) is 2.87. The van der Waals surface area contributed by atoms with Crippen molar-refractivity contribution < 1.29 is 14.7 Å². The van der Waals surface area contributed by atoms with E-state index in [1.807, 2.05) is 37.3 Å². The Kier molecular flexibility index (Phi) is 4.15. The van der Waals surface area contributed by atoms with E-state index in [1.54, 1.807) is 6.07 Å². The van der Waals surface area contributed by atoms with Crippen molar-refractivity contribution in [1.82, 2.24) is 0 Å². The predicted molar refractivity (Wildman–Crippen MR) is 76.9 cm³/mol. The van der Waals surface area contributed by atoms with Gasteiger partial charge in [-0.1, -0.05) is 36.4 Å². The largest absolute Gasteiger partial charge is 0.478 e. The molecule has 4 nitrogen and oxygen atoms in total. The van der Waals surface area contributed by atoms with Gasteiger partial charge in [0, 0.05) is 5.69 Å². The molecule has 0 bridgehead atoms. The van der Waals surface area contributed by atoms with Crippen molar-refractivity contribution in [2.45, 2.75) is 13.3 Å². The lowest BCUT2D eigenvalue weighted by Crippen LogP contribution is -2.15. The SMILES string of the molecule is Cc1ccc(C(=O)O)cc1NC(=O)Cc1ccccc1.